The third-order valence-electron chi connectivity index (χ3n) is 2.54. The van der Waals surface area contributed by atoms with Crippen molar-refractivity contribution in [1.29, 1.82) is 0 Å². The predicted molar refractivity (Wildman–Crippen MR) is 68.7 cm³/mol. The van der Waals surface area contributed by atoms with Crippen LogP contribution in [0.5, 0.6) is 0 Å². The summed E-state index contributed by atoms with van der Waals surface area (Å²) in [4.78, 5) is 17.6. The summed E-state index contributed by atoms with van der Waals surface area (Å²) in [5.41, 5.74) is 2.95. The number of ketones is 1. The number of nitrogens with zero attached hydrogens (tertiary/aromatic N) is 1. The van der Waals surface area contributed by atoms with Crippen LogP contribution < -0.4 is 0 Å². The average molecular weight is 251 g/mol. The molecule has 0 atom stereocenters. The maximum Gasteiger partial charge on any atom is 0.170 e. The van der Waals surface area contributed by atoms with Crippen molar-refractivity contribution >= 4 is 28.5 Å². The maximum absolute atomic E-state index is 12.0. The molecule has 2 aromatic heterocycles. The van der Waals surface area contributed by atoms with E-state index in [1.165, 1.54) is 4.88 Å². The first-order valence-corrected chi connectivity index (χ1v) is 6.82. The van der Waals surface area contributed by atoms with Gasteiger partial charge in [0.15, 0.2) is 5.78 Å². The predicted octanol–water partition coefficient (Wildman–Crippen LogP) is 3.56. The van der Waals surface area contributed by atoms with E-state index >= 15 is 0 Å². The van der Waals surface area contributed by atoms with Crippen LogP contribution in [-0.4, -0.2) is 10.8 Å². The lowest BCUT2D eigenvalue weighted by Crippen LogP contribution is -2.03. The summed E-state index contributed by atoms with van der Waals surface area (Å²) in [5, 5.41) is 4.85. The summed E-state index contributed by atoms with van der Waals surface area (Å²) in [6.07, 6.45) is 0.428. The molecule has 0 unspecified atom stereocenters. The van der Waals surface area contributed by atoms with Gasteiger partial charge in [0.1, 0.15) is 5.01 Å². The summed E-state index contributed by atoms with van der Waals surface area (Å²) < 4.78 is 0. The van der Waals surface area contributed by atoms with Crippen LogP contribution in [0, 0.1) is 20.8 Å². The van der Waals surface area contributed by atoms with Crippen molar-refractivity contribution in [2.45, 2.75) is 27.2 Å². The second kappa shape index (κ2) is 4.47. The first-order valence-electron chi connectivity index (χ1n) is 5.07. The molecule has 0 spiro atoms. The third kappa shape index (κ3) is 2.23. The van der Waals surface area contributed by atoms with Gasteiger partial charge in [0.05, 0.1) is 12.1 Å². The minimum Gasteiger partial charge on any atom is -0.294 e. The molecule has 2 nitrogen and oxygen atoms in total. The molecule has 2 rings (SSSR count). The molecule has 0 fully saturated rings. The molecule has 0 aliphatic carbocycles. The average Bonchev–Trinajstić information content (AvgIpc) is 2.74. The Morgan fingerprint density at radius 2 is 2.06 bits per heavy atom. The lowest BCUT2D eigenvalue weighted by Gasteiger charge is -1.96. The fraction of sp³-hybridized carbons (Fsp3) is 0.333. The Balaban J connectivity index is 2.17. The SMILES string of the molecule is Cc1cscc1C(=O)Cc1nc(C)c(C)s1. The van der Waals surface area contributed by atoms with E-state index in [0.717, 1.165) is 21.8 Å². The molecule has 0 amide bonds. The monoisotopic (exact) mass is 251 g/mol. The summed E-state index contributed by atoms with van der Waals surface area (Å²) in [7, 11) is 0. The summed E-state index contributed by atoms with van der Waals surface area (Å²) >= 11 is 3.19. The maximum atomic E-state index is 12.0. The molecule has 0 N–H and O–H groups in total. The number of aryl methyl sites for hydroxylation is 3. The van der Waals surface area contributed by atoms with Crippen LogP contribution in [0.3, 0.4) is 0 Å². The van der Waals surface area contributed by atoms with E-state index in [1.807, 2.05) is 31.5 Å². The van der Waals surface area contributed by atoms with Crippen LogP contribution in [0.4, 0.5) is 0 Å². The molecule has 2 aromatic rings. The van der Waals surface area contributed by atoms with Crippen LogP contribution in [0.2, 0.25) is 0 Å². The van der Waals surface area contributed by atoms with Gasteiger partial charge in [-0.2, -0.15) is 11.3 Å². The molecular weight excluding hydrogens is 238 g/mol. The number of thiazole rings is 1. The van der Waals surface area contributed by atoms with Crippen molar-refractivity contribution in [3.05, 3.63) is 37.5 Å². The van der Waals surface area contributed by atoms with E-state index in [2.05, 4.69) is 4.98 Å². The molecule has 4 heteroatoms. The van der Waals surface area contributed by atoms with Crippen molar-refractivity contribution in [1.82, 2.24) is 4.98 Å². The van der Waals surface area contributed by atoms with Crippen molar-refractivity contribution in [2.75, 3.05) is 0 Å². The molecule has 0 saturated carbocycles. The fourth-order valence-electron chi connectivity index (χ4n) is 1.49. The molecule has 0 aliphatic rings. The van der Waals surface area contributed by atoms with Crippen LogP contribution in [0.25, 0.3) is 0 Å². The molecule has 0 saturated heterocycles. The Kier molecular flexibility index (Phi) is 3.21. The highest BCUT2D eigenvalue weighted by molar-refractivity contribution is 7.11. The van der Waals surface area contributed by atoms with Crippen LogP contribution >= 0.6 is 22.7 Å². The van der Waals surface area contributed by atoms with Gasteiger partial charge in [-0.25, -0.2) is 4.98 Å². The molecule has 84 valence electrons. The number of hydrogen-bond donors (Lipinski definition) is 0. The first kappa shape index (κ1) is 11.5. The molecule has 0 aromatic carbocycles. The van der Waals surface area contributed by atoms with E-state index in [-0.39, 0.29) is 5.78 Å². The highest BCUT2D eigenvalue weighted by atomic mass is 32.1. The Hall–Kier alpha value is -1.00. The Bertz CT molecular complexity index is 505. The number of Topliss-reactive ketones (excluding diaryl/α,β-unsaturated/α-hetero) is 1. The molecular formula is C12H13NOS2. The molecule has 16 heavy (non-hydrogen) atoms. The first-order chi connectivity index (χ1) is 7.58. The summed E-state index contributed by atoms with van der Waals surface area (Å²) in [6, 6.07) is 0. The topological polar surface area (TPSA) is 30.0 Å². The van der Waals surface area contributed by atoms with Gasteiger partial charge in [0.2, 0.25) is 0 Å². The van der Waals surface area contributed by atoms with E-state index in [4.69, 9.17) is 0 Å². The highest BCUT2D eigenvalue weighted by Gasteiger charge is 2.13. The number of thiophene rings is 1. The number of aromatic nitrogens is 1. The van der Waals surface area contributed by atoms with E-state index in [0.29, 0.717) is 6.42 Å². The quantitative estimate of drug-likeness (QED) is 0.781. The normalized spacial score (nSPS) is 10.7. The summed E-state index contributed by atoms with van der Waals surface area (Å²) in [6.45, 7) is 5.99. The fourth-order valence-corrected chi connectivity index (χ4v) is 3.28. The largest absolute Gasteiger partial charge is 0.294 e. The molecule has 0 aliphatic heterocycles. The Morgan fingerprint density at radius 3 is 2.56 bits per heavy atom. The molecule has 0 bridgehead atoms. The van der Waals surface area contributed by atoms with Crippen molar-refractivity contribution < 1.29 is 4.79 Å². The van der Waals surface area contributed by atoms with E-state index < -0.39 is 0 Å². The van der Waals surface area contributed by atoms with Crippen LogP contribution in [-0.2, 0) is 6.42 Å². The van der Waals surface area contributed by atoms with Crippen LogP contribution in [0.1, 0.15) is 31.5 Å². The number of rotatable bonds is 3. The Morgan fingerprint density at radius 1 is 1.31 bits per heavy atom. The third-order valence-corrected chi connectivity index (χ3v) is 4.47. The smallest absolute Gasteiger partial charge is 0.170 e. The van der Waals surface area contributed by atoms with Crippen molar-refractivity contribution in [2.24, 2.45) is 0 Å². The van der Waals surface area contributed by atoms with Gasteiger partial charge < -0.3 is 0 Å². The molecule has 0 radical (unpaired) electrons. The van der Waals surface area contributed by atoms with Gasteiger partial charge in [-0.15, -0.1) is 11.3 Å². The zero-order valence-corrected chi connectivity index (χ0v) is 11.2. The minimum atomic E-state index is 0.174. The van der Waals surface area contributed by atoms with Gasteiger partial charge in [0.25, 0.3) is 0 Å². The number of hydrogen-bond acceptors (Lipinski definition) is 4. The van der Waals surface area contributed by atoms with Gasteiger partial charge >= 0.3 is 0 Å². The van der Waals surface area contributed by atoms with Gasteiger partial charge in [0, 0.05) is 15.8 Å². The van der Waals surface area contributed by atoms with E-state index in [9.17, 15) is 4.79 Å². The van der Waals surface area contributed by atoms with Crippen LogP contribution in [0.15, 0.2) is 10.8 Å². The second-order valence-corrected chi connectivity index (χ2v) is 5.85. The van der Waals surface area contributed by atoms with Crippen molar-refractivity contribution in [3.63, 3.8) is 0 Å². The number of carbonyl (C=O) groups is 1. The zero-order valence-electron chi connectivity index (χ0n) is 9.53. The highest BCUT2D eigenvalue weighted by Crippen LogP contribution is 2.20. The van der Waals surface area contributed by atoms with E-state index in [1.54, 1.807) is 22.7 Å². The van der Waals surface area contributed by atoms with Crippen molar-refractivity contribution in [3.8, 4) is 0 Å². The Labute approximate surface area is 103 Å². The zero-order chi connectivity index (χ0) is 11.7. The van der Waals surface area contributed by atoms with Gasteiger partial charge in [-0.3, -0.25) is 4.79 Å². The second-order valence-electron chi connectivity index (χ2n) is 3.82. The minimum absolute atomic E-state index is 0.174. The van der Waals surface area contributed by atoms with Gasteiger partial charge in [-0.05, 0) is 31.7 Å². The standard InChI is InChI=1S/C12H13NOS2/c1-7-5-15-6-10(7)11(14)4-12-13-8(2)9(3)16-12/h5-6H,4H2,1-3H3. The lowest BCUT2D eigenvalue weighted by atomic mass is 10.1. The lowest BCUT2D eigenvalue weighted by molar-refractivity contribution is 0.0993. The molecule has 2 heterocycles. The van der Waals surface area contributed by atoms with Gasteiger partial charge in [-0.1, -0.05) is 0 Å². The summed E-state index contributed by atoms with van der Waals surface area (Å²) in [5.74, 6) is 0.174. The number of carbonyl (C=O) groups excluding carboxylic acids is 1.